The van der Waals surface area contributed by atoms with Gasteiger partial charge in [-0.25, -0.2) is 4.57 Å². The third-order valence-electron chi connectivity index (χ3n) is 3.29. The zero-order valence-corrected chi connectivity index (χ0v) is 10.8. The Morgan fingerprint density at radius 2 is 2.33 bits per heavy atom. The number of carbonyl (C=O) groups is 1. The smallest absolute Gasteiger partial charge is 0.323 e. The first-order valence-corrected chi connectivity index (χ1v) is 6.23. The van der Waals surface area contributed by atoms with Crippen molar-refractivity contribution >= 4 is 23.3 Å². The molecule has 1 aliphatic rings. The van der Waals surface area contributed by atoms with Crippen LogP contribution in [0.1, 0.15) is 16.9 Å². The first kappa shape index (κ1) is 12.9. The van der Waals surface area contributed by atoms with Gasteiger partial charge in [-0.05, 0) is 23.3 Å². The number of nitrogens with zero attached hydrogens (tertiary/aromatic N) is 3. The van der Waals surface area contributed by atoms with E-state index in [1.807, 2.05) is 0 Å². The Morgan fingerprint density at radius 1 is 1.61 bits per heavy atom. The van der Waals surface area contributed by atoms with Crippen molar-refractivity contribution in [3.05, 3.63) is 27.9 Å². The molecule has 1 aliphatic heterocycles. The normalized spacial score (nSPS) is 19.2. The molecule has 2 rings (SSSR count). The van der Waals surface area contributed by atoms with E-state index in [1.54, 1.807) is 4.90 Å². The molecule has 0 aliphatic carbocycles. The van der Waals surface area contributed by atoms with Gasteiger partial charge in [-0.2, -0.15) is 0 Å². The van der Waals surface area contributed by atoms with Crippen LogP contribution in [0.2, 0.25) is 0 Å². The molecular formula is C11H14ClN3O3. The van der Waals surface area contributed by atoms with Crippen LogP contribution < -0.4 is 0 Å². The molecule has 2 heterocycles. The number of likely N-dealkylation sites (tertiary alicyclic amines) is 1. The Morgan fingerprint density at radius 3 is 2.83 bits per heavy atom. The SMILES string of the molecule is Cn1c(C(=O)N2CCC(CCl)C2)ccc1[N+](=O)[O-]. The molecule has 0 aromatic carbocycles. The fourth-order valence-electron chi connectivity index (χ4n) is 2.20. The van der Waals surface area contributed by atoms with E-state index in [9.17, 15) is 14.9 Å². The third-order valence-corrected chi connectivity index (χ3v) is 3.73. The summed E-state index contributed by atoms with van der Waals surface area (Å²) in [6.07, 6.45) is 0.891. The predicted molar refractivity (Wildman–Crippen MR) is 66.8 cm³/mol. The number of hydrogen-bond acceptors (Lipinski definition) is 3. The number of alkyl halides is 1. The second kappa shape index (κ2) is 4.97. The van der Waals surface area contributed by atoms with Crippen molar-refractivity contribution in [1.29, 1.82) is 0 Å². The van der Waals surface area contributed by atoms with E-state index in [2.05, 4.69) is 0 Å². The van der Waals surface area contributed by atoms with E-state index in [0.29, 0.717) is 30.6 Å². The van der Waals surface area contributed by atoms with Gasteiger partial charge in [-0.3, -0.25) is 4.79 Å². The number of hydrogen-bond donors (Lipinski definition) is 0. The molecule has 0 spiro atoms. The lowest BCUT2D eigenvalue weighted by molar-refractivity contribution is -0.391. The molecule has 0 radical (unpaired) electrons. The summed E-state index contributed by atoms with van der Waals surface area (Å²) >= 11 is 5.77. The summed E-state index contributed by atoms with van der Waals surface area (Å²) in [4.78, 5) is 24.1. The van der Waals surface area contributed by atoms with Crippen LogP contribution in [-0.4, -0.2) is 39.3 Å². The first-order chi connectivity index (χ1) is 8.54. The van der Waals surface area contributed by atoms with E-state index in [-0.39, 0.29) is 11.7 Å². The van der Waals surface area contributed by atoms with Crippen LogP contribution in [0.5, 0.6) is 0 Å². The monoisotopic (exact) mass is 271 g/mol. The minimum Gasteiger partial charge on any atom is -0.358 e. The average molecular weight is 272 g/mol. The van der Waals surface area contributed by atoms with Crippen molar-refractivity contribution in [2.45, 2.75) is 6.42 Å². The largest absolute Gasteiger partial charge is 0.358 e. The lowest BCUT2D eigenvalue weighted by Gasteiger charge is -2.14. The van der Waals surface area contributed by atoms with Gasteiger partial charge in [0.25, 0.3) is 5.91 Å². The number of nitro groups is 1. The van der Waals surface area contributed by atoms with Crippen molar-refractivity contribution in [3.8, 4) is 0 Å². The summed E-state index contributed by atoms with van der Waals surface area (Å²) in [7, 11) is 1.53. The summed E-state index contributed by atoms with van der Waals surface area (Å²) in [6, 6.07) is 2.84. The van der Waals surface area contributed by atoms with Gasteiger partial charge in [-0.1, -0.05) is 0 Å². The molecule has 98 valence electrons. The molecule has 0 saturated carbocycles. The maximum atomic E-state index is 12.2. The van der Waals surface area contributed by atoms with Crippen LogP contribution in [-0.2, 0) is 7.05 Å². The van der Waals surface area contributed by atoms with Crippen molar-refractivity contribution in [2.75, 3.05) is 19.0 Å². The third kappa shape index (κ3) is 2.20. The fraction of sp³-hybridized carbons (Fsp3) is 0.545. The maximum Gasteiger partial charge on any atom is 0.323 e. The van der Waals surface area contributed by atoms with E-state index >= 15 is 0 Å². The van der Waals surface area contributed by atoms with Crippen LogP contribution in [0, 0.1) is 16.0 Å². The molecule has 1 amide bonds. The number of carbonyl (C=O) groups excluding carboxylic acids is 1. The Labute approximate surface area is 109 Å². The summed E-state index contributed by atoms with van der Waals surface area (Å²) < 4.78 is 1.32. The second-order valence-corrected chi connectivity index (χ2v) is 4.76. The van der Waals surface area contributed by atoms with Gasteiger partial charge in [0.1, 0.15) is 0 Å². The van der Waals surface area contributed by atoms with Crippen molar-refractivity contribution < 1.29 is 9.72 Å². The van der Waals surface area contributed by atoms with Crippen LogP contribution in [0.15, 0.2) is 12.1 Å². The highest BCUT2D eigenvalue weighted by atomic mass is 35.5. The van der Waals surface area contributed by atoms with Crippen molar-refractivity contribution in [1.82, 2.24) is 9.47 Å². The van der Waals surface area contributed by atoms with Crippen LogP contribution in [0.25, 0.3) is 0 Å². The zero-order valence-electron chi connectivity index (χ0n) is 10.0. The summed E-state index contributed by atoms with van der Waals surface area (Å²) in [5.74, 6) is 0.618. The van der Waals surface area contributed by atoms with Crippen LogP contribution in [0.3, 0.4) is 0 Å². The van der Waals surface area contributed by atoms with Gasteiger partial charge in [0, 0.05) is 25.0 Å². The standard InChI is InChI=1S/C11H14ClN3O3/c1-13-9(2-3-10(13)15(17)18)11(16)14-5-4-8(6-12)7-14/h2-3,8H,4-7H2,1H3. The van der Waals surface area contributed by atoms with Crippen LogP contribution >= 0.6 is 11.6 Å². The van der Waals surface area contributed by atoms with E-state index in [1.165, 1.54) is 23.7 Å². The fourth-order valence-corrected chi connectivity index (χ4v) is 2.46. The topological polar surface area (TPSA) is 68.4 Å². The van der Waals surface area contributed by atoms with E-state index in [0.717, 1.165) is 6.42 Å². The number of rotatable bonds is 3. The number of halogens is 1. The Bertz CT molecular complexity index is 486. The summed E-state index contributed by atoms with van der Waals surface area (Å²) in [5, 5.41) is 10.7. The molecule has 0 bridgehead atoms. The highest BCUT2D eigenvalue weighted by Gasteiger charge is 2.30. The number of aromatic nitrogens is 1. The summed E-state index contributed by atoms with van der Waals surface area (Å²) in [5.41, 5.74) is 0.344. The lowest BCUT2D eigenvalue weighted by atomic mass is 10.2. The molecule has 18 heavy (non-hydrogen) atoms. The maximum absolute atomic E-state index is 12.2. The molecule has 7 heteroatoms. The van der Waals surface area contributed by atoms with Crippen molar-refractivity contribution in [2.24, 2.45) is 13.0 Å². The Hall–Kier alpha value is -1.56. The highest BCUT2D eigenvalue weighted by molar-refractivity contribution is 6.18. The summed E-state index contributed by atoms with van der Waals surface area (Å²) in [6.45, 7) is 1.29. The molecule has 1 fully saturated rings. The average Bonchev–Trinajstić information content (AvgIpc) is 2.94. The molecule has 6 nitrogen and oxygen atoms in total. The van der Waals surface area contributed by atoms with Gasteiger partial charge in [0.15, 0.2) is 5.69 Å². The van der Waals surface area contributed by atoms with E-state index < -0.39 is 4.92 Å². The molecular weight excluding hydrogens is 258 g/mol. The zero-order chi connectivity index (χ0) is 13.3. The minimum absolute atomic E-state index is 0.0774. The minimum atomic E-state index is -0.498. The van der Waals surface area contributed by atoms with Gasteiger partial charge < -0.3 is 15.0 Å². The van der Waals surface area contributed by atoms with Gasteiger partial charge >= 0.3 is 5.82 Å². The molecule has 1 aromatic rings. The molecule has 1 atom stereocenters. The molecule has 0 N–H and O–H groups in total. The van der Waals surface area contributed by atoms with Crippen molar-refractivity contribution in [3.63, 3.8) is 0 Å². The molecule has 1 unspecified atom stereocenters. The van der Waals surface area contributed by atoms with Gasteiger partial charge in [-0.15, -0.1) is 11.6 Å². The van der Waals surface area contributed by atoms with E-state index in [4.69, 9.17) is 11.6 Å². The lowest BCUT2D eigenvalue weighted by Crippen LogP contribution is -2.30. The van der Waals surface area contributed by atoms with Gasteiger partial charge in [0.05, 0.1) is 7.05 Å². The number of amides is 1. The Kier molecular flexibility index (Phi) is 3.56. The Balaban J connectivity index is 2.17. The predicted octanol–water partition coefficient (Wildman–Crippen LogP) is 1.63. The van der Waals surface area contributed by atoms with Crippen LogP contribution in [0.4, 0.5) is 5.82 Å². The second-order valence-electron chi connectivity index (χ2n) is 4.45. The highest BCUT2D eigenvalue weighted by Crippen LogP contribution is 2.22. The molecule has 1 saturated heterocycles. The quantitative estimate of drug-likeness (QED) is 0.477. The molecule has 1 aromatic heterocycles. The van der Waals surface area contributed by atoms with Gasteiger partial charge in [0.2, 0.25) is 0 Å². The first-order valence-electron chi connectivity index (χ1n) is 5.70.